The van der Waals surface area contributed by atoms with Gasteiger partial charge < -0.3 is 10.4 Å². The van der Waals surface area contributed by atoms with Gasteiger partial charge in [0.15, 0.2) is 0 Å². The second-order valence-corrected chi connectivity index (χ2v) is 5.11. The lowest BCUT2D eigenvalue weighted by molar-refractivity contribution is -0.121. The number of hydrogen-bond donors (Lipinski definition) is 2. The number of nitrogens with zero attached hydrogens (tertiary/aromatic N) is 3. The molecule has 0 aliphatic carbocycles. The molecular formula is C15H18N4O3. The fourth-order valence-corrected chi connectivity index (χ4v) is 2.02. The average Bonchev–Trinajstić information content (AvgIpc) is 2.92. The molecule has 0 bridgehead atoms. The van der Waals surface area contributed by atoms with Crippen LogP contribution in [-0.4, -0.2) is 32.0 Å². The third kappa shape index (κ3) is 4.15. The highest BCUT2D eigenvalue weighted by Crippen LogP contribution is 2.10. The molecule has 2 N–H and O–H groups in total. The van der Waals surface area contributed by atoms with E-state index in [-0.39, 0.29) is 17.5 Å². The van der Waals surface area contributed by atoms with E-state index in [1.165, 1.54) is 12.1 Å². The number of nitrogens with one attached hydrogen (secondary N) is 1. The number of aromatic nitrogens is 3. The number of carbonyl (C=O) groups is 2. The molecule has 1 aromatic heterocycles. The molecule has 0 aliphatic rings. The summed E-state index contributed by atoms with van der Waals surface area (Å²) in [5.74, 6) is -1.04. The summed E-state index contributed by atoms with van der Waals surface area (Å²) in [6.45, 7) is 1.85. The molecule has 0 fully saturated rings. The first kappa shape index (κ1) is 15.7. The molecule has 1 atom stereocenters. The van der Waals surface area contributed by atoms with Gasteiger partial charge in [-0.15, -0.1) is 5.10 Å². The number of hydrogen-bond acceptors (Lipinski definition) is 4. The van der Waals surface area contributed by atoms with Crippen LogP contribution in [-0.2, 0) is 18.3 Å². The highest BCUT2D eigenvalue weighted by Gasteiger charge is 2.12. The summed E-state index contributed by atoms with van der Waals surface area (Å²) in [6.07, 6.45) is 2.64. The zero-order valence-electron chi connectivity index (χ0n) is 12.5. The van der Waals surface area contributed by atoms with Gasteiger partial charge in [-0.25, -0.2) is 4.79 Å². The number of aromatic carboxylic acids is 1. The van der Waals surface area contributed by atoms with Crippen LogP contribution in [0.5, 0.6) is 0 Å². The predicted molar refractivity (Wildman–Crippen MR) is 79.3 cm³/mol. The summed E-state index contributed by atoms with van der Waals surface area (Å²) in [4.78, 5) is 22.7. The van der Waals surface area contributed by atoms with Gasteiger partial charge in [-0.05, 0) is 31.0 Å². The first-order valence-corrected chi connectivity index (χ1v) is 6.93. The van der Waals surface area contributed by atoms with Gasteiger partial charge >= 0.3 is 5.97 Å². The molecule has 0 aliphatic heterocycles. The maximum absolute atomic E-state index is 11.9. The Labute approximate surface area is 128 Å². The van der Waals surface area contributed by atoms with E-state index >= 15 is 0 Å². The van der Waals surface area contributed by atoms with E-state index in [1.807, 2.05) is 6.92 Å². The topological polar surface area (TPSA) is 97.1 Å². The Bertz CT molecular complexity index is 664. The minimum atomic E-state index is -0.956. The Balaban J connectivity index is 1.83. The van der Waals surface area contributed by atoms with Crippen LogP contribution in [0, 0.1) is 0 Å². The molecule has 0 radical (unpaired) electrons. The van der Waals surface area contributed by atoms with Gasteiger partial charge in [-0.1, -0.05) is 17.3 Å². The average molecular weight is 302 g/mol. The molecule has 0 saturated heterocycles. The lowest BCUT2D eigenvalue weighted by Crippen LogP contribution is -2.27. The highest BCUT2D eigenvalue weighted by molar-refractivity contribution is 5.87. The Morgan fingerprint density at radius 2 is 2.00 bits per heavy atom. The first-order valence-electron chi connectivity index (χ1n) is 6.93. The Kier molecular flexibility index (Phi) is 4.88. The highest BCUT2D eigenvalue weighted by atomic mass is 16.4. The number of carbonyl (C=O) groups excluding carboxylic acids is 1. The van der Waals surface area contributed by atoms with E-state index in [4.69, 9.17) is 5.11 Å². The molecule has 2 rings (SSSR count). The Morgan fingerprint density at radius 1 is 1.32 bits per heavy atom. The van der Waals surface area contributed by atoms with Crippen molar-refractivity contribution in [1.29, 1.82) is 0 Å². The third-order valence-corrected chi connectivity index (χ3v) is 3.28. The van der Waals surface area contributed by atoms with Crippen LogP contribution in [0.25, 0.3) is 0 Å². The molecule has 1 heterocycles. The molecule has 7 heteroatoms. The van der Waals surface area contributed by atoms with E-state index in [2.05, 4.69) is 15.6 Å². The Morgan fingerprint density at radius 3 is 2.55 bits per heavy atom. The van der Waals surface area contributed by atoms with Gasteiger partial charge in [-0.3, -0.25) is 9.48 Å². The number of amides is 1. The van der Waals surface area contributed by atoms with Crippen molar-refractivity contribution in [2.75, 3.05) is 0 Å². The fraction of sp³-hybridized carbons (Fsp3) is 0.333. The Hall–Kier alpha value is -2.70. The van der Waals surface area contributed by atoms with Gasteiger partial charge in [0.25, 0.3) is 0 Å². The summed E-state index contributed by atoms with van der Waals surface area (Å²) in [5, 5.41) is 19.5. The van der Waals surface area contributed by atoms with Gasteiger partial charge in [0.2, 0.25) is 5.91 Å². The fourth-order valence-electron chi connectivity index (χ4n) is 2.02. The number of benzene rings is 1. The van der Waals surface area contributed by atoms with E-state index in [0.29, 0.717) is 18.5 Å². The molecule has 7 nitrogen and oxygen atoms in total. The number of aryl methyl sites for hydroxylation is 2. The van der Waals surface area contributed by atoms with Crippen LogP contribution >= 0.6 is 0 Å². The van der Waals surface area contributed by atoms with Crippen molar-refractivity contribution in [2.45, 2.75) is 25.8 Å². The summed E-state index contributed by atoms with van der Waals surface area (Å²) in [7, 11) is 1.77. The van der Waals surface area contributed by atoms with Crippen molar-refractivity contribution < 1.29 is 14.7 Å². The zero-order valence-corrected chi connectivity index (χ0v) is 12.5. The van der Waals surface area contributed by atoms with Gasteiger partial charge in [0.1, 0.15) is 5.69 Å². The minimum Gasteiger partial charge on any atom is -0.478 e. The predicted octanol–water partition coefficient (Wildman–Crippen LogP) is 1.32. The molecule has 1 amide bonds. The van der Waals surface area contributed by atoms with E-state index in [9.17, 15) is 9.59 Å². The standard InChI is InChI=1S/C15H18N4O3/c1-10(13-9-19(2)18-17-13)16-14(20)8-5-11-3-6-12(7-4-11)15(21)22/h3-4,6-7,9-10H,5,8H2,1-2H3,(H,16,20)(H,21,22). The van der Waals surface area contributed by atoms with Crippen LogP contribution in [0.2, 0.25) is 0 Å². The smallest absolute Gasteiger partial charge is 0.335 e. The molecule has 1 unspecified atom stereocenters. The molecular weight excluding hydrogens is 284 g/mol. The molecule has 116 valence electrons. The van der Waals surface area contributed by atoms with Crippen molar-refractivity contribution >= 4 is 11.9 Å². The largest absolute Gasteiger partial charge is 0.478 e. The number of carboxylic acid groups (broad SMARTS) is 1. The summed E-state index contributed by atoms with van der Waals surface area (Å²) in [5.41, 5.74) is 1.87. The normalized spacial score (nSPS) is 11.9. The van der Waals surface area contributed by atoms with Crippen molar-refractivity contribution in [3.05, 3.63) is 47.3 Å². The third-order valence-electron chi connectivity index (χ3n) is 3.28. The zero-order chi connectivity index (χ0) is 16.1. The van der Waals surface area contributed by atoms with Crippen LogP contribution in [0.15, 0.2) is 30.5 Å². The first-order chi connectivity index (χ1) is 10.5. The SMILES string of the molecule is CC(NC(=O)CCc1ccc(C(=O)O)cc1)c1cn(C)nn1. The lowest BCUT2D eigenvalue weighted by atomic mass is 10.1. The second kappa shape index (κ2) is 6.84. The number of carboxylic acids is 1. The molecule has 0 spiro atoms. The van der Waals surface area contributed by atoms with E-state index < -0.39 is 5.97 Å². The quantitative estimate of drug-likeness (QED) is 0.839. The molecule has 1 aromatic carbocycles. The van der Waals surface area contributed by atoms with Crippen LogP contribution in [0.3, 0.4) is 0 Å². The van der Waals surface area contributed by atoms with Crippen LogP contribution in [0.1, 0.15) is 41.0 Å². The summed E-state index contributed by atoms with van der Waals surface area (Å²) in [6, 6.07) is 6.33. The number of rotatable bonds is 6. The van der Waals surface area contributed by atoms with Crippen LogP contribution in [0.4, 0.5) is 0 Å². The van der Waals surface area contributed by atoms with Gasteiger partial charge in [-0.2, -0.15) is 0 Å². The lowest BCUT2D eigenvalue weighted by Gasteiger charge is -2.11. The van der Waals surface area contributed by atoms with Crippen molar-refractivity contribution in [2.24, 2.45) is 7.05 Å². The maximum Gasteiger partial charge on any atom is 0.335 e. The van der Waals surface area contributed by atoms with Crippen LogP contribution < -0.4 is 5.32 Å². The van der Waals surface area contributed by atoms with Crippen molar-refractivity contribution in [3.63, 3.8) is 0 Å². The monoisotopic (exact) mass is 302 g/mol. The maximum atomic E-state index is 11.9. The summed E-state index contributed by atoms with van der Waals surface area (Å²) >= 11 is 0. The molecule has 22 heavy (non-hydrogen) atoms. The van der Waals surface area contributed by atoms with Crippen molar-refractivity contribution in [3.8, 4) is 0 Å². The summed E-state index contributed by atoms with van der Waals surface area (Å²) < 4.78 is 1.59. The second-order valence-electron chi connectivity index (χ2n) is 5.11. The van der Waals surface area contributed by atoms with Crippen molar-refractivity contribution in [1.82, 2.24) is 20.3 Å². The molecule has 0 saturated carbocycles. The van der Waals surface area contributed by atoms with E-state index in [0.717, 1.165) is 5.56 Å². The molecule has 2 aromatic rings. The van der Waals surface area contributed by atoms with Gasteiger partial charge in [0, 0.05) is 13.5 Å². The van der Waals surface area contributed by atoms with E-state index in [1.54, 1.807) is 30.1 Å². The van der Waals surface area contributed by atoms with Gasteiger partial charge in [0.05, 0.1) is 17.8 Å². The minimum absolute atomic E-state index is 0.0829.